The molecule has 8 atom stereocenters. The second-order valence-electron chi connectivity index (χ2n) is 14.7. The van der Waals surface area contributed by atoms with Crippen molar-refractivity contribution in [1.82, 2.24) is 0 Å². The number of carbonyl (C=O) groups excluding carboxylic acids is 2. The van der Waals surface area contributed by atoms with E-state index in [-0.39, 0.29) is 125 Å². The maximum absolute atomic E-state index is 12.3. The molecule has 8 rings (SSSR count). The molecule has 0 aliphatic heterocycles. The van der Waals surface area contributed by atoms with Crippen LogP contribution in [0.1, 0.15) is 112 Å². The predicted octanol–water partition coefficient (Wildman–Crippen LogP) is 0.698. The monoisotopic (exact) mass is 750 g/mol. The van der Waals surface area contributed by atoms with Gasteiger partial charge in [-0.05, 0) is 146 Å². The molecular formula is C36H46MoNa2O8. The fourth-order valence-electron chi connectivity index (χ4n) is 10.7. The summed E-state index contributed by atoms with van der Waals surface area (Å²) in [6.45, 7) is 4.35. The summed E-state index contributed by atoms with van der Waals surface area (Å²) in [5.74, 6) is 3.92. The van der Waals surface area contributed by atoms with Crippen molar-refractivity contribution in [2.45, 2.75) is 103 Å². The van der Waals surface area contributed by atoms with Crippen LogP contribution in [-0.2, 0) is 43.5 Å². The van der Waals surface area contributed by atoms with Crippen LogP contribution in [0.5, 0.6) is 23.0 Å². The number of hydrogen-bond acceptors (Lipinski definition) is 8. The van der Waals surface area contributed by atoms with Gasteiger partial charge >= 0.3 is 59.1 Å². The number of aryl methyl sites for hydroxylation is 2. The van der Waals surface area contributed by atoms with Gasteiger partial charge in [-0.2, -0.15) is 0 Å². The molecule has 8 nitrogen and oxygen atoms in total. The van der Waals surface area contributed by atoms with E-state index in [1.54, 1.807) is 24.3 Å². The zero-order valence-corrected chi connectivity index (χ0v) is 34.2. The van der Waals surface area contributed by atoms with Crippen molar-refractivity contribution in [3.8, 4) is 23.0 Å². The third-order valence-electron chi connectivity index (χ3n) is 13.1. The van der Waals surface area contributed by atoms with Crippen molar-refractivity contribution in [2.75, 3.05) is 0 Å². The van der Waals surface area contributed by atoms with Gasteiger partial charge in [0.05, 0.1) is 0 Å². The van der Waals surface area contributed by atoms with Crippen LogP contribution in [0.25, 0.3) is 0 Å². The molecule has 6 aliphatic rings. The Balaban J connectivity index is 0.000000295. The largest absolute Gasteiger partial charge is 1.00 e. The van der Waals surface area contributed by atoms with E-state index in [1.165, 1.54) is 22.3 Å². The zero-order valence-electron chi connectivity index (χ0n) is 28.2. The Hall–Kier alpha value is -0.412. The zero-order chi connectivity index (χ0) is 29.6. The van der Waals surface area contributed by atoms with E-state index >= 15 is 0 Å². The molecule has 0 amide bonds. The first-order chi connectivity index (χ1) is 20.0. The molecule has 0 unspecified atom stereocenters. The summed E-state index contributed by atoms with van der Waals surface area (Å²) in [7, 11) is 0. The maximum atomic E-state index is 12.3. The van der Waals surface area contributed by atoms with Crippen molar-refractivity contribution in [3.05, 3.63) is 46.5 Å². The second-order valence-corrected chi connectivity index (χ2v) is 14.7. The third-order valence-corrected chi connectivity index (χ3v) is 13.1. The molecule has 6 aliphatic carbocycles. The van der Waals surface area contributed by atoms with Crippen molar-refractivity contribution >= 4 is 11.6 Å². The van der Waals surface area contributed by atoms with Gasteiger partial charge in [-0.15, -0.1) is 0 Å². The van der Waals surface area contributed by atoms with Crippen LogP contribution in [0, 0.1) is 34.5 Å². The van der Waals surface area contributed by atoms with Gasteiger partial charge in [0.2, 0.25) is 0 Å². The van der Waals surface area contributed by atoms with Crippen LogP contribution in [-0.4, -0.2) is 42.9 Å². The number of phenols is 4. The standard InChI is InChI=1S/2C18H22O3.Mo.2Na.2H2O/c2*1-18-7-6-11-12(14(18)4-5-17(18)21)3-2-10-8-15(19)16(20)9-13(10)11;;;;;/h2*8-9,11-12,14,19-20H,2-7H2,1H3;;;;2*1H2/q;;;2*+1;;/p-2/t2*11-,12+,14-,18-;;;;;/m00...../s1. The summed E-state index contributed by atoms with van der Waals surface area (Å²) in [6, 6.07) is 6.99. The summed E-state index contributed by atoms with van der Waals surface area (Å²) in [4.78, 5) is 24.6. The van der Waals surface area contributed by atoms with Gasteiger partial charge in [-0.1, -0.05) is 13.8 Å². The summed E-state index contributed by atoms with van der Waals surface area (Å²) in [6.07, 6.45) is 11.7. The van der Waals surface area contributed by atoms with Crippen molar-refractivity contribution in [1.29, 1.82) is 0 Å². The van der Waals surface area contributed by atoms with E-state index < -0.39 is 0 Å². The molecule has 0 heterocycles. The molecule has 246 valence electrons. The number of aromatic hydroxyl groups is 4. The molecule has 0 aromatic heterocycles. The summed E-state index contributed by atoms with van der Waals surface area (Å²) < 4.78 is 0. The van der Waals surface area contributed by atoms with Crippen molar-refractivity contribution in [2.24, 2.45) is 34.5 Å². The van der Waals surface area contributed by atoms with Gasteiger partial charge in [0.25, 0.3) is 0 Å². The number of fused-ring (bicyclic) bond motifs is 10. The number of benzene rings is 2. The minimum Gasteiger partial charge on any atom is -0.870 e. The first-order valence-corrected chi connectivity index (χ1v) is 16.2. The quantitative estimate of drug-likeness (QED) is 0.225. The maximum Gasteiger partial charge on any atom is 1.00 e. The second kappa shape index (κ2) is 15.9. The molecule has 0 bridgehead atoms. The summed E-state index contributed by atoms with van der Waals surface area (Å²) >= 11 is 0. The fourth-order valence-corrected chi connectivity index (χ4v) is 10.7. The first-order valence-electron chi connectivity index (χ1n) is 16.2. The summed E-state index contributed by atoms with van der Waals surface area (Å²) in [5, 5.41) is 39.1. The molecule has 4 saturated carbocycles. The average Bonchev–Trinajstić information content (AvgIpc) is 3.44. The van der Waals surface area contributed by atoms with E-state index in [1.807, 2.05) is 0 Å². The summed E-state index contributed by atoms with van der Waals surface area (Å²) in [5.41, 5.74) is 4.58. The van der Waals surface area contributed by atoms with Crippen LogP contribution in [0.3, 0.4) is 0 Å². The third kappa shape index (κ3) is 6.96. The van der Waals surface area contributed by atoms with E-state index in [2.05, 4.69) is 13.8 Å². The topological polar surface area (TPSA) is 175 Å². The van der Waals surface area contributed by atoms with E-state index in [4.69, 9.17) is 0 Å². The smallest absolute Gasteiger partial charge is 0.870 e. The number of carbonyl (C=O) groups is 2. The Morgan fingerprint density at radius 3 is 1.26 bits per heavy atom. The van der Waals surface area contributed by atoms with Crippen LogP contribution < -0.4 is 59.1 Å². The van der Waals surface area contributed by atoms with Crippen LogP contribution in [0.2, 0.25) is 0 Å². The van der Waals surface area contributed by atoms with Gasteiger partial charge in [0.15, 0.2) is 23.0 Å². The Morgan fingerprint density at radius 1 is 0.553 bits per heavy atom. The average molecular weight is 749 g/mol. The van der Waals surface area contributed by atoms with Crippen LogP contribution in [0.4, 0.5) is 0 Å². The van der Waals surface area contributed by atoms with Gasteiger partial charge in [0.1, 0.15) is 11.6 Å². The van der Waals surface area contributed by atoms with E-state index in [9.17, 15) is 30.0 Å². The minimum absolute atomic E-state index is 0. The molecule has 2 aromatic carbocycles. The van der Waals surface area contributed by atoms with E-state index in [0.717, 1.165) is 77.0 Å². The van der Waals surface area contributed by atoms with Gasteiger partial charge in [-0.25, -0.2) is 0 Å². The molecule has 6 N–H and O–H groups in total. The molecule has 47 heavy (non-hydrogen) atoms. The number of rotatable bonds is 0. The van der Waals surface area contributed by atoms with Gasteiger partial charge in [0, 0.05) is 44.7 Å². The SMILES string of the molecule is C[C@]12CC[C@@H]3c4cc(O)c(O)cc4CC[C@H]3[C@@H]1CCC2=O.C[C@]12CC[C@@H]3c4cc(O)c(O)cc4CC[C@H]3[C@@H]1CCC2=O.[Mo].[Na+].[Na+].[OH-].[OH-]. The number of ketones is 2. The Morgan fingerprint density at radius 2 is 0.894 bits per heavy atom. The van der Waals surface area contributed by atoms with E-state index in [0.29, 0.717) is 47.1 Å². The predicted molar refractivity (Wildman–Crippen MR) is 163 cm³/mol. The number of phenolic OH excluding ortho intramolecular Hbond substituents is 4. The van der Waals surface area contributed by atoms with Crippen molar-refractivity contribution in [3.63, 3.8) is 0 Å². The molecule has 11 heteroatoms. The molecule has 0 spiro atoms. The number of Topliss-reactive ketones (excluding diaryl/α,β-unsaturated/α-hetero) is 2. The Labute approximate surface area is 336 Å². The van der Waals surface area contributed by atoms with Crippen LogP contribution in [0.15, 0.2) is 24.3 Å². The molecular weight excluding hydrogens is 702 g/mol. The number of hydrogen-bond donors (Lipinski definition) is 4. The fraction of sp³-hybridized carbons (Fsp3) is 0.611. The van der Waals surface area contributed by atoms with Crippen LogP contribution >= 0.6 is 0 Å². The molecule has 4 fully saturated rings. The Kier molecular flexibility index (Phi) is 14.4. The normalized spacial score (nSPS) is 33.7. The molecule has 0 saturated heterocycles. The minimum atomic E-state index is -0.0996. The van der Waals surface area contributed by atoms with Gasteiger partial charge < -0.3 is 31.4 Å². The van der Waals surface area contributed by atoms with Gasteiger partial charge in [-0.3, -0.25) is 9.59 Å². The first kappa shape index (κ1) is 42.8. The molecule has 2 aromatic rings. The van der Waals surface area contributed by atoms with Crippen molar-refractivity contribution < 1.29 is 121 Å². The Bertz CT molecular complexity index is 1380. The molecule has 0 radical (unpaired) electrons.